The number of thioether (sulfide) groups is 1. The minimum absolute atomic E-state index is 1.27. The first kappa shape index (κ1) is 20.8. The molecule has 4 aromatic carbocycles. The number of hydrogen-bond donors (Lipinski definition) is 0. The lowest BCUT2D eigenvalue weighted by Gasteiger charge is -2.16. The van der Waals surface area contributed by atoms with Gasteiger partial charge in [0, 0.05) is 17.3 Å². The molecule has 0 aliphatic carbocycles. The maximum absolute atomic E-state index is 2.37. The smallest absolute Gasteiger partial charge is 0.265 e. The first-order valence-corrected chi connectivity index (χ1v) is 12.9. The predicted octanol–water partition coefficient (Wildman–Crippen LogP) is 7.81. The van der Waals surface area contributed by atoms with Crippen molar-refractivity contribution in [2.75, 3.05) is 11.9 Å². The van der Waals surface area contributed by atoms with Gasteiger partial charge in [-0.3, -0.25) is 0 Å². The molecule has 0 bridgehead atoms. The highest BCUT2D eigenvalue weighted by Crippen LogP contribution is 2.49. The van der Waals surface area contributed by atoms with Gasteiger partial charge in [-0.05, 0) is 85.0 Å². The molecule has 4 heteroatoms. The molecule has 0 saturated heterocycles. The van der Waals surface area contributed by atoms with Crippen molar-refractivity contribution in [1.82, 2.24) is 0 Å². The molecule has 0 fully saturated rings. The van der Waals surface area contributed by atoms with E-state index in [-0.39, 0.29) is 0 Å². The Morgan fingerprint density at radius 3 is 2.12 bits per heavy atom. The highest BCUT2D eigenvalue weighted by Gasteiger charge is 2.27. The Kier molecular flexibility index (Phi) is 4.62. The number of aryl methyl sites for hydroxylation is 5. The zero-order valence-corrected chi connectivity index (χ0v) is 21.5. The molecule has 1 aliphatic heterocycles. The summed E-state index contributed by atoms with van der Waals surface area (Å²) in [6.45, 7) is 8.80. The largest absolute Gasteiger partial charge is 0.337 e. The highest BCUT2D eigenvalue weighted by molar-refractivity contribution is 8.04. The summed E-state index contributed by atoms with van der Waals surface area (Å²) in [5, 5.41) is 7.85. The molecular weight excluding hydrogens is 440 g/mol. The fourth-order valence-corrected chi connectivity index (χ4v) is 7.20. The molecule has 2 nitrogen and oxygen atoms in total. The molecule has 33 heavy (non-hydrogen) atoms. The Morgan fingerprint density at radius 1 is 0.788 bits per heavy atom. The SMILES string of the molecule is Cc1cc2ccc3c(c2cc1C)N(C)C(=Cc1sc2ccc4cc(C)c(C)cc4c2[n+]1C)S3. The van der Waals surface area contributed by atoms with Gasteiger partial charge in [0.1, 0.15) is 11.7 Å². The summed E-state index contributed by atoms with van der Waals surface area (Å²) >= 11 is 3.74. The lowest BCUT2D eigenvalue weighted by molar-refractivity contribution is -0.641. The number of hydrogen-bond acceptors (Lipinski definition) is 3. The minimum Gasteiger partial charge on any atom is -0.337 e. The molecule has 0 radical (unpaired) electrons. The van der Waals surface area contributed by atoms with E-state index in [2.05, 4.69) is 106 Å². The normalized spacial score (nSPS) is 14.8. The predicted molar refractivity (Wildman–Crippen MR) is 146 cm³/mol. The van der Waals surface area contributed by atoms with Gasteiger partial charge in [-0.15, -0.1) is 0 Å². The van der Waals surface area contributed by atoms with Crippen molar-refractivity contribution in [2.24, 2.45) is 7.05 Å². The van der Waals surface area contributed by atoms with E-state index in [0.29, 0.717) is 0 Å². The molecule has 0 spiro atoms. The van der Waals surface area contributed by atoms with Crippen LogP contribution in [0.4, 0.5) is 5.69 Å². The van der Waals surface area contributed by atoms with Crippen LogP contribution >= 0.6 is 23.1 Å². The molecule has 6 rings (SSSR count). The van der Waals surface area contributed by atoms with E-state index in [1.807, 2.05) is 23.1 Å². The van der Waals surface area contributed by atoms with Crippen LogP contribution in [0.5, 0.6) is 0 Å². The summed E-state index contributed by atoms with van der Waals surface area (Å²) in [5.74, 6) is 0. The number of aromatic nitrogens is 1. The van der Waals surface area contributed by atoms with Crippen LogP contribution in [0.1, 0.15) is 27.3 Å². The molecular formula is C29H27N2S2+. The molecule has 0 unspecified atom stereocenters. The number of benzene rings is 4. The Balaban J connectivity index is 1.50. The summed E-state index contributed by atoms with van der Waals surface area (Å²) < 4.78 is 3.70. The van der Waals surface area contributed by atoms with Gasteiger partial charge in [-0.2, -0.15) is 4.57 Å². The zero-order valence-electron chi connectivity index (χ0n) is 19.9. The zero-order chi connectivity index (χ0) is 23.0. The van der Waals surface area contributed by atoms with Gasteiger partial charge in [0.05, 0.1) is 22.2 Å². The van der Waals surface area contributed by atoms with Crippen molar-refractivity contribution in [2.45, 2.75) is 32.6 Å². The van der Waals surface area contributed by atoms with E-state index in [4.69, 9.17) is 0 Å². The first-order valence-electron chi connectivity index (χ1n) is 11.3. The standard InChI is InChI=1S/C29H27N2S2/c1-16-11-20-7-9-24-28(22(20)13-18(16)3)30(5)26(32-24)15-27-31(6)29-23-14-19(4)17(2)12-21(23)8-10-25(29)33-27/h7-15H,1-6H3/q+1. The van der Waals surface area contributed by atoms with Gasteiger partial charge in [0.25, 0.3) is 5.01 Å². The molecule has 1 aliphatic rings. The number of fused-ring (bicyclic) bond motifs is 6. The Morgan fingerprint density at radius 2 is 1.39 bits per heavy atom. The van der Waals surface area contributed by atoms with Crippen LogP contribution in [0, 0.1) is 27.7 Å². The molecule has 5 aromatic rings. The molecule has 2 heterocycles. The second kappa shape index (κ2) is 7.34. The molecule has 0 N–H and O–H groups in total. The van der Waals surface area contributed by atoms with Crippen LogP contribution in [0.3, 0.4) is 0 Å². The van der Waals surface area contributed by atoms with Crippen LogP contribution < -0.4 is 9.47 Å². The van der Waals surface area contributed by atoms with Crippen molar-refractivity contribution in [3.63, 3.8) is 0 Å². The highest BCUT2D eigenvalue weighted by atomic mass is 32.2. The van der Waals surface area contributed by atoms with Crippen molar-refractivity contribution in [3.8, 4) is 0 Å². The summed E-state index contributed by atoms with van der Waals surface area (Å²) in [5.41, 5.74) is 8.04. The number of anilines is 1. The summed E-state index contributed by atoms with van der Waals surface area (Å²) in [7, 11) is 4.41. The third-order valence-electron chi connectivity index (χ3n) is 7.15. The monoisotopic (exact) mass is 467 g/mol. The maximum Gasteiger partial charge on any atom is 0.265 e. The first-order chi connectivity index (χ1) is 15.8. The van der Waals surface area contributed by atoms with Gasteiger partial charge in [-0.1, -0.05) is 47.4 Å². The van der Waals surface area contributed by atoms with Crippen molar-refractivity contribution >= 4 is 66.6 Å². The Hall–Kier alpha value is -2.82. The summed E-state index contributed by atoms with van der Waals surface area (Å²) in [4.78, 5) is 3.70. The molecule has 1 aromatic heterocycles. The van der Waals surface area contributed by atoms with Crippen LogP contribution in [0.2, 0.25) is 0 Å². The third-order valence-corrected chi connectivity index (χ3v) is 9.45. The lowest BCUT2D eigenvalue weighted by atomic mass is 10.0. The van der Waals surface area contributed by atoms with E-state index >= 15 is 0 Å². The molecule has 164 valence electrons. The fourth-order valence-electron chi connectivity index (χ4n) is 4.91. The average molecular weight is 468 g/mol. The minimum atomic E-state index is 1.27. The van der Waals surface area contributed by atoms with E-state index in [1.54, 1.807) is 0 Å². The van der Waals surface area contributed by atoms with Crippen LogP contribution in [-0.4, -0.2) is 7.05 Å². The molecule has 0 saturated carbocycles. The fraction of sp³-hybridized carbons (Fsp3) is 0.207. The van der Waals surface area contributed by atoms with Crippen LogP contribution in [0.25, 0.3) is 37.8 Å². The van der Waals surface area contributed by atoms with Gasteiger partial charge in [0.2, 0.25) is 5.52 Å². The Labute approximate surface area is 203 Å². The second-order valence-electron chi connectivity index (χ2n) is 9.28. The van der Waals surface area contributed by atoms with Gasteiger partial charge >= 0.3 is 0 Å². The average Bonchev–Trinajstić information content (AvgIpc) is 3.27. The maximum atomic E-state index is 2.37. The van der Waals surface area contributed by atoms with E-state index in [1.165, 1.54) is 74.6 Å². The lowest BCUT2D eigenvalue weighted by Crippen LogP contribution is -2.29. The van der Waals surface area contributed by atoms with Gasteiger partial charge in [-0.25, -0.2) is 0 Å². The number of thiazole rings is 1. The quantitative estimate of drug-likeness (QED) is 0.232. The van der Waals surface area contributed by atoms with Gasteiger partial charge in [0.15, 0.2) is 0 Å². The summed E-state index contributed by atoms with van der Waals surface area (Å²) in [6, 6.07) is 18.4. The van der Waals surface area contributed by atoms with E-state index < -0.39 is 0 Å². The Bertz CT molecular complexity index is 1660. The molecule has 0 atom stereocenters. The topological polar surface area (TPSA) is 7.12 Å². The number of nitrogens with zero attached hydrogens (tertiary/aromatic N) is 2. The third kappa shape index (κ3) is 3.12. The van der Waals surface area contributed by atoms with E-state index in [0.717, 1.165) is 0 Å². The number of rotatable bonds is 1. The van der Waals surface area contributed by atoms with Crippen molar-refractivity contribution in [1.29, 1.82) is 0 Å². The van der Waals surface area contributed by atoms with Crippen LogP contribution in [-0.2, 0) is 7.05 Å². The van der Waals surface area contributed by atoms with Crippen molar-refractivity contribution in [3.05, 3.63) is 80.8 Å². The van der Waals surface area contributed by atoms with Gasteiger partial charge < -0.3 is 4.90 Å². The van der Waals surface area contributed by atoms with E-state index in [9.17, 15) is 0 Å². The second-order valence-corrected chi connectivity index (χ2v) is 11.4. The van der Waals surface area contributed by atoms with Crippen LogP contribution in [0.15, 0.2) is 58.5 Å². The summed E-state index contributed by atoms with van der Waals surface area (Å²) in [6.07, 6.45) is 2.36. The molecule has 0 amide bonds. The van der Waals surface area contributed by atoms with Crippen molar-refractivity contribution < 1.29 is 4.57 Å².